The maximum atomic E-state index is 4.38. The number of aryl methyl sites for hydroxylation is 1. The average molecular weight is 544 g/mol. The lowest BCUT2D eigenvalue weighted by Crippen LogP contribution is -2.53. The molecular weight excluding hydrogens is 496 g/mol. The first-order valence-electron chi connectivity index (χ1n) is 15.1. The number of para-hydroxylation sites is 1. The Labute approximate surface area is 248 Å². The lowest BCUT2D eigenvalue weighted by atomic mass is 9.89. The maximum absolute atomic E-state index is 4.38. The first-order chi connectivity index (χ1) is 19.9. The summed E-state index contributed by atoms with van der Waals surface area (Å²) >= 11 is 0. The van der Waals surface area contributed by atoms with Gasteiger partial charge in [-0.3, -0.25) is 4.98 Å². The van der Waals surface area contributed by atoms with Gasteiger partial charge in [-0.1, -0.05) is 95.8 Å². The van der Waals surface area contributed by atoms with Crippen LogP contribution in [0.3, 0.4) is 0 Å². The monoisotopic (exact) mass is 543 g/mol. The molecular formula is C39H47N2+. The zero-order chi connectivity index (χ0) is 30.2. The molecule has 0 bridgehead atoms. The highest BCUT2D eigenvalue weighted by atomic mass is 15.1. The second kappa shape index (κ2) is 14.0. The van der Waals surface area contributed by atoms with Gasteiger partial charge in [-0.2, -0.15) is 4.57 Å². The molecule has 0 aliphatic carbocycles. The van der Waals surface area contributed by atoms with E-state index in [-0.39, 0.29) is 5.54 Å². The highest BCUT2D eigenvalue weighted by molar-refractivity contribution is 5.81. The minimum atomic E-state index is 0.0392. The number of pyridine rings is 2. The summed E-state index contributed by atoms with van der Waals surface area (Å²) in [6.07, 6.45) is 4.81. The zero-order valence-corrected chi connectivity index (χ0v) is 26.5. The lowest BCUT2D eigenvalue weighted by Gasteiger charge is -2.20. The number of benzene rings is 3. The Morgan fingerprint density at radius 2 is 1.44 bits per heavy atom. The van der Waals surface area contributed by atoms with E-state index in [0.717, 1.165) is 12.1 Å². The van der Waals surface area contributed by atoms with Crippen molar-refractivity contribution in [2.45, 2.75) is 74.3 Å². The first-order valence-corrected chi connectivity index (χ1v) is 15.1. The fourth-order valence-electron chi connectivity index (χ4n) is 5.75. The van der Waals surface area contributed by atoms with Gasteiger partial charge in [0.1, 0.15) is 0 Å². The normalized spacial score (nSPS) is 14.3. The minimum absolute atomic E-state index is 0.0392. The van der Waals surface area contributed by atoms with E-state index in [1.54, 1.807) is 0 Å². The summed E-state index contributed by atoms with van der Waals surface area (Å²) in [5.41, 5.74) is 12.9. The van der Waals surface area contributed by atoms with E-state index in [1.165, 1.54) is 55.5 Å². The van der Waals surface area contributed by atoms with Crippen LogP contribution in [0, 0.1) is 20.8 Å². The van der Waals surface area contributed by atoms with E-state index in [1.807, 2.05) is 58.2 Å². The molecule has 1 aliphatic rings. The largest absolute Gasteiger partial charge is 0.256 e. The topological polar surface area (TPSA) is 16.8 Å². The van der Waals surface area contributed by atoms with Crippen LogP contribution >= 0.6 is 0 Å². The molecule has 1 atom stereocenters. The summed E-state index contributed by atoms with van der Waals surface area (Å²) < 4.78 is 2.56. The predicted molar refractivity (Wildman–Crippen MR) is 179 cm³/mol. The fraction of sp³-hybridized carbons (Fsp3) is 0.282. The number of hydrogen-bond acceptors (Lipinski definition) is 1. The molecule has 3 heterocycles. The highest BCUT2D eigenvalue weighted by Gasteiger charge is 2.47. The molecule has 0 amide bonds. The predicted octanol–water partition coefficient (Wildman–Crippen LogP) is 10.7. The van der Waals surface area contributed by atoms with E-state index < -0.39 is 0 Å². The number of hydrogen-bond donors (Lipinski definition) is 0. The molecule has 212 valence electrons. The van der Waals surface area contributed by atoms with Gasteiger partial charge >= 0.3 is 0 Å². The average Bonchev–Trinajstić information content (AvgIpc) is 3.31. The molecule has 2 heteroatoms. The summed E-state index contributed by atoms with van der Waals surface area (Å²) in [5, 5.41) is 1.33. The van der Waals surface area contributed by atoms with E-state index in [0.29, 0.717) is 0 Å². The minimum Gasteiger partial charge on any atom is -0.256 e. The van der Waals surface area contributed by atoms with Crippen LogP contribution in [0.15, 0.2) is 97.7 Å². The molecule has 3 aromatic carbocycles. The van der Waals surface area contributed by atoms with Crippen LogP contribution in [0.5, 0.6) is 0 Å². The van der Waals surface area contributed by atoms with Crippen LogP contribution in [-0.2, 0) is 5.54 Å². The van der Waals surface area contributed by atoms with Gasteiger partial charge in [0.25, 0.3) is 0 Å². The van der Waals surface area contributed by atoms with Crippen LogP contribution in [-0.4, -0.2) is 4.98 Å². The summed E-state index contributed by atoms with van der Waals surface area (Å²) in [6, 6.07) is 30.1. The van der Waals surface area contributed by atoms with Crippen molar-refractivity contribution in [2.75, 3.05) is 0 Å². The molecule has 0 N–H and O–H groups in total. The van der Waals surface area contributed by atoms with E-state index in [4.69, 9.17) is 0 Å². The van der Waals surface area contributed by atoms with Crippen molar-refractivity contribution >= 4 is 17.0 Å². The second-order valence-electron chi connectivity index (χ2n) is 10.1. The summed E-state index contributed by atoms with van der Waals surface area (Å²) in [6.45, 7) is 23.0. The molecule has 2 aromatic heterocycles. The maximum Gasteiger partial charge on any atom is 0.217 e. The Balaban J connectivity index is 0.000000208. The molecule has 41 heavy (non-hydrogen) atoms. The van der Waals surface area contributed by atoms with Gasteiger partial charge in [-0.05, 0) is 67.8 Å². The van der Waals surface area contributed by atoms with Crippen molar-refractivity contribution in [1.82, 2.24) is 4.98 Å². The fourth-order valence-corrected chi connectivity index (χ4v) is 5.75. The molecule has 2 nitrogen and oxygen atoms in total. The Hall–Kier alpha value is -4.04. The SMILES string of the molecule is C=Cc1ccc(-c2ccccn2)c(C)c1C.CC.CC.CCC1(C)c2ccccc2-c2c(C)cc3ccccc3[n+]21. The summed E-state index contributed by atoms with van der Waals surface area (Å²) in [5.74, 6) is 0. The Morgan fingerprint density at radius 1 is 0.780 bits per heavy atom. The zero-order valence-electron chi connectivity index (χ0n) is 26.5. The third-order valence-electron chi connectivity index (χ3n) is 8.08. The van der Waals surface area contributed by atoms with Crippen molar-refractivity contribution in [1.29, 1.82) is 0 Å². The first kappa shape index (κ1) is 31.5. The second-order valence-corrected chi connectivity index (χ2v) is 10.1. The summed E-state index contributed by atoms with van der Waals surface area (Å²) in [4.78, 5) is 4.38. The van der Waals surface area contributed by atoms with Crippen LogP contribution in [0.4, 0.5) is 0 Å². The van der Waals surface area contributed by atoms with E-state index in [9.17, 15) is 0 Å². The molecule has 0 spiro atoms. The van der Waals surface area contributed by atoms with Gasteiger partial charge in [0.2, 0.25) is 11.2 Å². The van der Waals surface area contributed by atoms with Gasteiger partial charge in [0, 0.05) is 47.7 Å². The van der Waals surface area contributed by atoms with Gasteiger partial charge < -0.3 is 0 Å². The Bertz CT molecular complexity index is 1610. The van der Waals surface area contributed by atoms with Gasteiger partial charge in [0.05, 0.1) is 11.3 Å². The smallest absolute Gasteiger partial charge is 0.217 e. The number of nitrogens with zero attached hydrogens (tertiary/aromatic N) is 2. The van der Waals surface area contributed by atoms with Gasteiger partial charge in [0.15, 0.2) is 5.54 Å². The van der Waals surface area contributed by atoms with E-state index >= 15 is 0 Å². The molecule has 0 fully saturated rings. The quantitative estimate of drug-likeness (QED) is 0.207. The molecule has 0 saturated heterocycles. The summed E-state index contributed by atoms with van der Waals surface area (Å²) in [7, 11) is 0. The molecule has 5 aromatic rings. The molecule has 1 unspecified atom stereocenters. The van der Waals surface area contributed by atoms with Crippen molar-refractivity contribution in [3.05, 3.63) is 126 Å². The van der Waals surface area contributed by atoms with Crippen molar-refractivity contribution in [3.63, 3.8) is 0 Å². The lowest BCUT2D eigenvalue weighted by molar-refractivity contribution is -0.712. The van der Waals surface area contributed by atoms with Crippen LogP contribution < -0.4 is 4.57 Å². The number of fused-ring (bicyclic) bond motifs is 5. The number of rotatable bonds is 3. The van der Waals surface area contributed by atoms with Gasteiger partial charge in [-0.25, -0.2) is 0 Å². The standard InChI is InChI=1S/C20H20N.C15H15N.2C2H6/c1-4-20(3)17-11-7-6-10-16(17)19-14(2)13-15-9-5-8-12-18(15)21(19)20;1-4-13-8-9-14(12(3)11(13)2)15-7-5-6-10-16-15;2*1-2/h5-13H,4H2,1-3H3;4-10H,1H2,2-3H3;2*1-2H3/q+1;;;. The van der Waals surface area contributed by atoms with Crippen molar-refractivity contribution in [3.8, 4) is 22.5 Å². The molecule has 6 rings (SSSR count). The third-order valence-corrected chi connectivity index (χ3v) is 8.08. The van der Waals surface area contributed by atoms with Crippen LogP contribution in [0.1, 0.15) is 75.8 Å². The van der Waals surface area contributed by atoms with Crippen LogP contribution in [0.2, 0.25) is 0 Å². The highest BCUT2D eigenvalue weighted by Crippen LogP contribution is 2.42. The third kappa shape index (κ3) is 5.88. The van der Waals surface area contributed by atoms with Crippen LogP contribution in [0.25, 0.3) is 39.5 Å². The van der Waals surface area contributed by atoms with Gasteiger partial charge in [-0.15, -0.1) is 0 Å². The number of aromatic nitrogens is 2. The van der Waals surface area contributed by atoms with Crippen molar-refractivity contribution < 1.29 is 4.57 Å². The van der Waals surface area contributed by atoms with E-state index in [2.05, 4.69) is 117 Å². The Kier molecular flexibility index (Phi) is 10.8. The molecule has 0 radical (unpaired) electrons. The Morgan fingerprint density at radius 3 is 2.10 bits per heavy atom. The molecule has 1 aliphatic heterocycles. The molecule has 0 saturated carbocycles. The van der Waals surface area contributed by atoms with Crippen molar-refractivity contribution in [2.24, 2.45) is 0 Å².